The van der Waals surface area contributed by atoms with Crippen LogP contribution in [-0.2, 0) is 4.79 Å². The first-order valence-electron chi connectivity index (χ1n) is 7.02. The molecule has 1 fully saturated rings. The number of nitrogens with one attached hydrogen (secondary N) is 1. The third-order valence-corrected chi connectivity index (χ3v) is 3.79. The van der Waals surface area contributed by atoms with E-state index >= 15 is 0 Å². The molecule has 1 saturated carbocycles. The van der Waals surface area contributed by atoms with Gasteiger partial charge in [0.2, 0.25) is 5.91 Å². The molecule has 4 nitrogen and oxygen atoms in total. The van der Waals surface area contributed by atoms with E-state index in [1.54, 1.807) is 18.2 Å². The first-order chi connectivity index (χ1) is 9.64. The molecule has 1 aromatic rings. The van der Waals surface area contributed by atoms with Gasteiger partial charge in [0.15, 0.2) is 0 Å². The van der Waals surface area contributed by atoms with Crippen molar-refractivity contribution >= 4 is 11.7 Å². The SMILES string of the molecule is CC1(C(=O)Nc2cccc(C#CCO)n2)CCCCC1. The Morgan fingerprint density at radius 1 is 1.40 bits per heavy atom. The Labute approximate surface area is 119 Å². The molecule has 0 spiro atoms. The molecule has 1 heterocycles. The van der Waals surface area contributed by atoms with Crippen LogP contribution in [0, 0.1) is 17.3 Å². The van der Waals surface area contributed by atoms with Gasteiger partial charge in [0.1, 0.15) is 18.1 Å². The predicted molar refractivity (Wildman–Crippen MR) is 78.0 cm³/mol. The number of nitrogens with zero attached hydrogens (tertiary/aromatic N) is 1. The summed E-state index contributed by atoms with van der Waals surface area (Å²) in [5, 5.41) is 11.6. The molecule has 1 aliphatic carbocycles. The van der Waals surface area contributed by atoms with Crippen LogP contribution in [0.3, 0.4) is 0 Å². The first kappa shape index (κ1) is 14.5. The Balaban J connectivity index is 2.07. The summed E-state index contributed by atoms with van der Waals surface area (Å²) in [5.74, 6) is 5.84. The number of aliphatic hydroxyl groups is 1. The molecule has 0 aromatic carbocycles. The average molecular weight is 272 g/mol. The summed E-state index contributed by atoms with van der Waals surface area (Å²) in [6.07, 6.45) is 5.30. The highest BCUT2D eigenvalue weighted by Gasteiger charge is 2.34. The fourth-order valence-corrected chi connectivity index (χ4v) is 2.53. The summed E-state index contributed by atoms with van der Waals surface area (Å²) in [4.78, 5) is 16.6. The second-order valence-electron chi connectivity index (χ2n) is 5.44. The molecule has 0 saturated heterocycles. The lowest BCUT2D eigenvalue weighted by atomic mass is 9.75. The number of anilines is 1. The monoisotopic (exact) mass is 272 g/mol. The molecule has 0 bridgehead atoms. The number of hydrogen-bond donors (Lipinski definition) is 2. The largest absolute Gasteiger partial charge is 0.384 e. The molecule has 0 radical (unpaired) electrons. The van der Waals surface area contributed by atoms with Crippen molar-refractivity contribution < 1.29 is 9.90 Å². The van der Waals surface area contributed by atoms with E-state index in [0.717, 1.165) is 25.7 Å². The molecule has 2 N–H and O–H groups in total. The van der Waals surface area contributed by atoms with E-state index in [2.05, 4.69) is 22.1 Å². The summed E-state index contributed by atoms with van der Waals surface area (Å²) in [5.41, 5.74) is 0.262. The second-order valence-corrected chi connectivity index (χ2v) is 5.44. The lowest BCUT2D eigenvalue weighted by Gasteiger charge is -2.31. The van der Waals surface area contributed by atoms with E-state index in [0.29, 0.717) is 11.5 Å². The van der Waals surface area contributed by atoms with Crippen molar-refractivity contribution in [3.63, 3.8) is 0 Å². The van der Waals surface area contributed by atoms with Crippen molar-refractivity contribution in [3.8, 4) is 11.8 Å². The molecule has 20 heavy (non-hydrogen) atoms. The zero-order valence-corrected chi connectivity index (χ0v) is 11.8. The Morgan fingerprint density at radius 3 is 2.85 bits per heavy atom. The van der Waals surface area contributed by atoms with Gasteiger partial charge in [0.25, 0.3) is 0 Å². The van der Waals surface area contributed by atoms with Gasteiger partial charge in [0.05, 0.1) is 0 Å². The number of aliphatic hydroxyl groups excluding tert-OH is 1. The second kappa shape index (κ2) is 6.53. The molecule has 2 rings (SSSR count). The summed E-state index contributed by atoms with van der Waals surface area (Å²) in [7, 11) is 0. The van der Waals surface area contributed by atoms with Crippen LogP contribution in [-0.4, -0.2) is 22.6 Å². The predicted octanol–water partition coefficient (Wildman–Crippen LogP) is 2.33. The Kier molecular flexibility index (Phi) is 4.75. The van der Waals surface area contributed by atoms with Crippen molar-refractivity contribution in [1.29, 1.82) is 0 Å². The van der Waals surface area contributed by atoms with Crippen LogP contribution in [0.5, 0.6) is 0 Å². The van der Waals surface area contributed by atoms with Crippen molar-refractivity contribution in [1.82, 2.24) is 4.98 Å². The highest BCUT2D eigenvalue weighted by atomic mass is 16.2. The van der Waals surface area contributed by atoms with Crippen molar-refractivity contribution in [2.75, 3.05) is 11.9 Å². The quantitative estimate of drug-likeness (QED) is 0.812. The number of hydrogen-bond acceptors (Lipinski definition) is 3. The smallest absolute Gasteiger partial charge is 0.231 e. The maximum absolute atomic E-state index is 12.4. The number of amides is 1. The molecule has 0 atom stereocenters. The van der Waals surface area contributed by atoms with Crippen LogP contribution in [0.2, 0.25) is 0 Å². The molecule has 0 aliphatic heterocycles. The Bertz CT molecular complexity index is 537. The molecular weight excluding hydrogens is 252 g/mol. The van der Waals surface area contributed by atoms with Gasteiger partial charge in [-0.2, -0.15) is 0 Å². The minimum Gasteiger partial charge on any atom is -0.384 e. The van der Waals surface area contributed by atoms with E-state index in [1.165, 1.54) is 6.42 Å². The van der Waals surface area contributed by atoms with Crippen molar-refractivity contribution in [2.45, 2.75) is 39.0 Å². The molecule has 0 unspecified atom stereocenters. The number of aromatic nitrogens is 1. The molecule has 106 valence electrons. The molecular formula is C16H20N2O2. The molecule has 1 aliphatic rings. The fraction of sp³-hybridized carbons (Fsp3) is 0.500. The maximum atomic E-state index is 12.4. The fourth-order valence-electron chi connectivity index (χ4n) is 2.53. The van der Waals surface area contributed by atoms with Crippen LogP contribution in [0.1, 0.15) is 44.7 Å². The van der Waals surface area contributed by atoms with Gasteiger partial charge < -0.3 is 10.4 Å². The van der Waals surface area contributed by atoms with Crippen LogP contribution < -0.4 is 5.32 Å². The van der Waals surface area contributed by atoms with Crippen molar-refractivity contribution in [3.05, 3.63) is 23.9 Å². The zero-order valence-electron chi connectivity index (χ0n) is 11.8. The van der Waals surface area contributed by atoms with E-state index < -0.39 is 0 Å². The Hall–Kier alpha value is -1.86. The first-order valence-corrected chi connectivity index (χ1v) is 7.02. The van der Waals surface area contributed by atoms with E-state index in [-0.39, 0.29) is 17.9 Å². The van der Waals surface area contributed by atoms with Gasteiger partial charge in [-0.15, -0.1) is 0 Å². The standard InChI is InChI=1S/C16H20N2O2/c1-16(10-3-2-4-11-16)15(20)18-14-9-5-7-13(17-14)8-6-12-19/h5,7,9,19H,2-4,10-12H2,1H3,(H,17,18,20). The summed E-state index contributed by atoms with van der Waals surface area (Å²) in [6.45, 7) is 1.83. The normalized spacial score (nSPS) is 16.9. The van der Waals surface area contributed by atoms with E-state index in [4.69, 9.17) is 5.11 Å². The minimum absolute atomic E-state index is 0.0389. The number of pyridine rings is 1. The van der Waals surface area contributed by atoms with Crippen LogP contribution in [0.4, 0.5) is 5.82 Å². The summed E-state index contributed by atoms with van der Waals surface area (Å²) >= 11 is 0. The zero-order chi connectivity index (χ0) is 14.4. The average Bonchev–Trinajstić information content (AvgIpc) is 2.46. The lowest BCUT2D eigenvalue weighted by Crippen LogP contribution is -2.35. The summed E-state index contributed by atoms with van der Waals surface area (Å²) in [6, 6.07) is 5.31. The number of carbonyl (C=O) groups is 1. The minimum atomic E-state index is -0.285. The van der Waals surface area contributed by atoms with Gasteiger partial charge in [-0.25, -0.2) is 4.98 Å². The van der Waals surface area contributed by atoms with Crippen LogP contribution >= 0.6 is 0 Å². The van der Waals surface area contributed by atoms with Gasteiger partial charge in [-0.05, 0) is 30.9 Å². The third kappa shape index (κ3) is 3.58. The molecule has 1 amide bonds. The molecule has 4 heteroatoms. The Morgan fingerprint density at radius 2 is 2.15 bits per heavy atom. The van der Waals surface area contributed by atoms with Crippen molar-refractivity contribution in [2.24, 2.45) is 5.41 Å². The van der Waals surface area contributed by atoms with E-state index in [9.17, 15) is 4.79 Å². The van der Waals surface area contributed by atoms with E-state index in [1.807, 2.05) is 6.92 Å². The third-order valence-electron chi connectivity index (χ3n) is 3.79. The van der Waals surface area contributed by atoms with Crippen LogP contribution in [0.15, 0.2) is 18.2 Å². The van der Waals surface area contributed by atoms with Gasteiger partial charge in [-0.3, -0.25) is 4.79 Å². The number of carbonyl (C=O) groups excluding carboxylic acids is 1. The summed E-state index contributed by atoms with van der Waals surface area (Å²) < 4.78 is 0. The topological polar surface area (TPSA) is 62.2 Å². The highest BCUT2D eigenvalue weighted by molar-refractivity contribution is 5.94. The number of rotatable bonds is 2. The lowest BCUT2D eigenvalue weighted by molar-refractivity contribution is -0.126. The van der Waals surface area contributed by atoms with Gasteiger partial charge in [-0.1, -0.05) is 38.2 Å². The van der Waals surface area contributed by atoms with Gasteiger partial charge >= 0.3 is 0 Å². The van der Waals surface area contributed by atoms with Crippen LogP contribution in [0.25, 0.3) is 0 Å². The molecule has 1 aromatic heterocycles. The maximum Gasteiger partial charge on any atom is 0.231 e. The van der Waals surface area contributed by atoms with Gasteiger partial charge in [0, 0.05) is 5.41 Å². The highest BCUT2D eigenvalue weighted by Crippen LogP contribution is 2.36.